The first-order chi connectivity index (χ1) is 6.57. The minimum absolute atomic E-state index is 0.187. The number of hydrogen-bond acceptors (Lipinski definition) is 3. The van der Waals surface area contributed by atoms with Crippen LogP contribution in [0.2, 0.25) is 0 Å². The molecular weight excluding hydrogens is 180 g/mol. The van der Waals surface area contributed by atoms with Gasteiger partial charge in [0.05, 0.1) is 6.10 Å². The third-order valence-electron chi connectivity index (χ3n) is 2.08. The van der Waals surface area contributed by atoms with Crippen molar-refractivity contribution in [1.82, 2.24) is 10.2 Å². The highest BCUT2D eigenvalue weighted by molar-refractivity contribution is 5.75. The Kier molecular flexibility index (Phi) is 7.42. The lowest BCUT2D eigenvalue weighted by Gasteiger charge is -2.12. The second-order valence-corrected chi connectivity index (χ2v) is 3.64. The van der Waals surface area contributed by atoms with E-state index in [1.165, 1.54) is 0 Å². The Balaban J connectivity index is 3.26. The van der Waals surface area contributed by atoms with Gasteiger partial charge in [0.15, 0.2) is 0 Å². The molecule has 14 heavy (non-hydrogen) atoms. The molecule has 0 aliphatic rings. The van der Waals surface area contributed by atoms with E-state index in [1.54, 1.807) is 26.1 Å². The van der Waals surface area contributed by atoms with E-state index in [0.717, 1.165) is 19.5 Å². The average molecular weight is 202 g/mol. The molecule has 0 heterocycles. The molecule has 4 nitrogen and oxygen atoms in total. The number of rotatable bonds is 7. The lowest BCUT2D eigenvalue weighted by Crippen LogP contribution is -2.28. The molecule has 0 aliphatic heterocycles. The third kappa shape index (κ3) is 6.86. The van der Waals surface area contributed by atoms with Crippen LogP contribution in [0, 0.1) is 0 Å². The molecule has 0 saturated heterocycles. The summed E-state index contributed by atoms with van der Waals surface area (Å²) < 4.78 is 5.08. The van der Waals surface area contributed by atoms with Crippen LogP contribution in [0.25, 0.3) is 0 Å². The minimum Gasteiger partial charge on any atom is -0.380 e. The molecule has 1 unspecified atom stereocenters. The van der Waals surface area contributed by atoms with Crippen molar-refractivity contribution >= 4 is 5.91 Å². The lowest BCUT2D eigenvalue weighted by atomic mass is 10.3. The molecule has 0 bridgehead atoms. The highest BCUT2D eigenvalue weighted by Gasteiger charge is 2.03. The number of methoxy groups -OCH3 is 1. The molecular formula is C10H22N2O2. The molecule has 1 amide bonds. The van der Waals surface area contributed by atoms with E-state index in [2.05, 4.69) is 5.32 Å². The second-order valence-electron chi connectivity index (χ2n) is 3.64. The van der Waals surface area contributed by atoms with Crippen LogP contribution in [-0.4, -0.2) is 51.2 Å². The van der Waals surface area contributed by atoms with Gasteiger partial charge in [-0.1, -0.05) is 0 Å². The number of nitrogens with one attached hydrogen (secondary N) is 1. The van der Waals surface area contributed by atoms with E-state index in [0.29, 0.717) is 6.42 Å². The summed E-state index contributed by atoms with van der Waals surface area (Å²) in [6, 6.07) is 0. The third-order valence-corrected chi connectivity index (χ3v) is 2.08. The van der Waals surface area contributed by atoms with Gasteiger partial charge in [0.2, 0.25) is 5.91 Å². The topological polar surface area (TPSA) is 41.6 Å². The van der Waals surface area contributed by atoms with E-state index < -0.39 is 0 Å². The zero-order valence-corrected chi connectivity index (χ0v) is 9.67. The normalized spacial score (nSPS) is 12.6. The summed E-state index contributed by atoms with van der Waals surface area (Å²) in [6.45, 7) is 3.72. The van der Waals surface area contributed by atoms with Gasteiger partial charge in [-0.25, -0.2) is 0 Å². The molecule has 0 spiro atoms. The van der Waals surface area contributed by atoms with Crippen molar-refractivity contribution in [1.29, 1.82) is 0 Å². The van der Waals surface area contributed by atoms with Crippen LogP contribution in [0.1, 0.15) is 19.8 Å². The van der Waals surface area contributed by atoms with Crippen LogP contribution in [-0.2, 0) is 9.53 Å². The fraction of sp³-hybridized carbons (Fsp3) is 0.900. The van der Waals surface area contributed by atoms with Crippen LogP contribution in [0.3, 0.4) is 0 Å². The standard InChI is InChI=1S/C10H22N2O2/c1-9(14-4)8-11-7-5-6-10(13)12(2)3/h9,11H,5-8H2,1-4H3. The van der Waals surface area contributed by atoms with Gasteiger partial charge in [-0.15, -0.1) is 0 Å². The summed E-state index contributed by atoms with van der Waals surface area (Å²) in [5.74, 6) is 0.187. The molecule has 4 heteroatoms. The van der Waals surface area contributed by atoms with Crippen LogP contribution in [0.15, 0.2) is 0 Å². The van der Waals surface area contributed by atoms with Crippen molar-refractivity contribution in [3.8, 4) is 0 Å². The number of nitrogens with zero attached hydrogens (tertiary/aromatic N) is 1. The maximum absolute atomic E-state index is 11.2. The molecule has 0 fully saturated rings. The monoisotopic (exact) mass is 202 g/mol. The van der Waals surface area contributed by atoms with Crippen LogP contribution >= 0.6 is 0 Å². The summed E-state index contributed by atoms with van der Waals surface area (Å²) in [7, 11) is 5.26. The number of amides is 1. The van der Waals surface area contributed by atoms with Gasteiger partial charge < -0.3 is 15.0 Å². The fourth-order valence-corrected chi connectivity index (χ4v) is 0.977. The van der Waals surface area contributed by atoms with E-state index in [4.69, 9.17) is 4.74 Å². The predicted molar refractivity (Wildman–Crippen MR) is 57.3 cm³/mol. The first-order valence-corrected chi connectivity index (χ1v) is 5.01. The Morgan fingerprint density at radius 1 is 1.50 bits per heavy atom. The van der Waals surface area contributed by atoms with Crippen LogP contribution < -0.4 is 5.32 Å². The van der Waals surface area contributed by atoms with Crippen molar-refractivity contribution in [2.45, 2.75) is 25.9 Å². The number of carbonyl (C=O) groups is 1. The summed E-state index contributed by atoms with van der Waals surface area (Å²) in [5.41, 5.74) is 0. The van der Waals surface area contributed by atoms with E-state index in [1.807, 2.05) is 6.92 Å². The first kappa shape index (κ1) is 13.4. The summed E-state index contributed by atoms with van der Waals surface area (Å²) in [6.07, 6.45) is 1.73. The molecule has 84 valence electrons. The van der Waals surface area contributed by atoms with Gasteiger partial charge in [0, 0.05) is 34.2 Å². The van der Waals surface area contributed by atoms with Gasteiger partial charge >= 0.3 is 0 Å². The summed E-state index contributed by atoms with van der Waals surface area (Å²) >= 11 is 0. The molecule has 0 radical (unpaired) electrons. The molecule has 0 aromatic rings. The van der Waals surface area contributed by atoms with E-state index in [-0.39, 0.29) is 12.0 Å². The molecule has 0 saturated carbocycles. The Hall–Kier alpha value is -0.610. The van der Waals surface area contributed by atoms with Crippen molar-refractivity contribution in [3.63, 3.8) is 0 Å². The van der Waals surface area contributed by atoms with Gasteiger partial charge in [-0.05, 0) is 19.9 Å². The fourth-order valence-electron chi connectivity index (χ4n) is 0.977. The largest absolute Gasteiger partial charge is 0.380 e. The van der Waals surface area contributed by atoms with Crippen molar-refractivity contribution in [2.75, 3.05) is 34.3 Å². The van der Waals surface area contributed by atoms with Crippen molar-refractivity contribution < 1.29 is 9.53 Å². The Bertz CT molecular complexity index is 160. The van der Waals surface area contributed by atoms with Gasteiger partial charge in [0.25, 0.3) is 0 Å². The van der Waals surface area contributed by atoms with Crippen LogP contribution in [0.5, 0.6) is 0 Å². The Labute approximate surface area is 86.6 Å². The molecule has 0 aromatic carbocycles. The molecule has 1 N–H and O–H groups in total. The number of ether oxygens (including phenoxy) is 1. The van der Waals surface area contributed by atoms with Gasteiger partial charge in [0.1, 0.15) is 0 Å². The average Bonchev–Trinajstić information content (AvgIpc) is 2.16. The second kappa shape index (κ2) is 7.76. The minimum atomic E-state index is 0.187. The SMILES string of the molecule is COC(C)CNCCCC(=O)N(C)C. The Morgan fingerprint density at radius 3 is 2.64 bits per heavy atom. The van der Waals surface area contributed by atoms with E-state index in [9.17, 15) is 4.79 Å². The Morgan fingerprint density at radius 2 is 2.14 bits per heavy atom. The smallest absolute Gasteiger partial charge is 0.222 e. The zero-order valence-electron chi connectivity index (χ0n) is 9.67. The molecule has 0 aliphatic carbocycles. The summed E-state index contributed by atoms with van der Waals surface area (Å²) in [4.78, 5) is 12.8. The lowest BCUT2D eigenvalue weighted by molar-refractivity contribution is -0.128. The maximum Gasteiger partial charge on any atom is 0.222 e. The predicted octanol–water partition coefficient (Wildman–Crippen LogP) is 0.479. The van der Waals surface area contributed by atoms with Crippen molar-refractivity contribution in [2.24, 2.45) is 0 Å². The highest BCUT2D eigenvalue weighted by Crippen LogP contribution is 1.92. The molecule has 1 atom stereocenters. The van der Waals surface area contributed by atoms with Gasteiger partial charge in [-0.3, -0.25) is 4.79 Å². The quantitative estimate of drug-likeness (QED) is 0.611. The molecule has 0 rings (SSSR count). The zero-order chi connectivity index (χ0) is 11.0. The summed E-state index contributed by atoms with van der Waals surface area (Å²) in [5, 5.41) is 3.23. The van der Waals surface area contributed by atoms with Crippen molar-refractivity contribution in [3.05, 3.63) is 0 Å². The first-order valence-electron chi connectivity index (χ1n) is 5.01. The van der Waals surface area contributed by atoms with E-state index >= 15 is 0 Å². The van der Waals surface area contributed by atoms with Crippen LogP contribution in [0.4, 0.5) is 0 Å². The number of carbonyl (C=O) groups excluding carboxylic acids is 1. The highest BCUT2D eigenvalue weighted by atomic mass is 16.5. The maximum atomic E-state index is 11.2. The number of hydrogen-bond donors (Lipinski definition) is 1. The molecule has 0 aromatic heterocycles. The van der Waals surface area contributed by atoms with Gasteiger partial charge in [-0.2, -0.15) is 0 Å².